The van der Waals surface area contributed by atoms with Crippen molar-refractivity contribution in [2.45, 2.75) is 77.4 Å². The van der Waals surface area contributed by atoms with Crippen LogP contribution in [0.2, 0.25) is 0 Å². The van der Waals surface area contributed by atoms with Gasteiger partial charge >= 0.3 is 12.1 Å². The number of halogens is 1. The summed E-state index contributed by atoms with van der Waals surface area (Å²) in [5.41, 5.74) is 2.01. The van der Waals surface area contributed by atoms with Gasteiger partial charge in [0.1, 0.15) is 24.6 Å². The Hall–Kier alpha value is -4.23. The lowest BCUT2D eigenvalue weighted by atomic mass is 9.91. The molecule has 2 amide bonds. The van der Waals surface area contributed by atoms with E-state index in [-0.39, 0.29) is 42.8 Å². The van der Waals surface area contributed by atoms with Gasteiger partial charge in [0.2, 0.25) is 5.91 Å². The fourth-order valence-electron chi connectivity index (χ4n) is 7.02. The van der Waals surface area contributed by atoms with Gasteiger partial charge < -0.3 is 34.2 Å². The second kappa shape index (κ2) is 17.3. The molecular weight excluding hydrogens is 655 g/mol. The molecule has 12 nitrogen and oxygen atoms in total. The molecule has 13 heteroatoms. The normalized spacial score (nSPS) is 27.5. The minimum absolute atomic E-state index is 0.0113. The van der Waals surface area contributed by atoms with Crippen LogP contribution in [0.5, 0.6) is 0 Å². The molecule has 3 aliphatic heterocycles. The number of likely N-dealkylation sites (tertiary alicyclic amines) is 1. The van der Waals surface area contributed by atoms with Crippen molar-refractivity contribution in [2.24, 2.45) is 11.8 Å². The summed E-state index contributed by atoms with van der Waals surface area (Å²) >= 11 is 0. The number of aliphatic hydroxyl groups is 1. The van der Waals surface area contributed by atoms with Gasteiger partial charge in [0.05, 0.1) is 12.5 Å². The monoisotopic (exact) mass is 708 g/mol. The molecule has 0 saturated carbocycles. The summed E-state index contributed by atoms with van der Waals surface area (Å²) in [5, 5.41) is 14.8. The summed E-state index contributed by atoms with van der Waals surface area (Å²) < 4.78 is 28.6. The van der Waals surface area contributed by atoms with E-state index in [2.05, 4.69) is 14.9 Å². The van der Waals surface area contributed by atoms with Gasteiger partial charge in [0.25, 0.3) is 0 Å². The number of anilines is 1. The molecule has 278 valence electrons. The van der Waals surface area contributed by atoms with E-state index < -0.39 is 30.1 Å². The third kappa shape index (κ3) is 10.4. The number of nitrogens with zero attached hydrogens (tertiary/aromatic N) is 6. The number of piperazine rings is 1. The number of esters is 1. The van der Waals surface area contributed by atoms with Crippen LogP contribution in [0.25, 0.3) is 6.08 Å². The summed E-state index contributed by atoms with van der Waals surface area (Å²) in [7, 11) is 4.02. The van der Waals surface area contributed by atoms with Gasteiger partial charge in [-0.1, -0.05) is 26.0 Å². The molecule has 0 unspecified atom stereocenters. The smallest absolute Gasteiger partial charge is 0.410 e. The molecule has 1 aromatic heterocycles. The van der Waals surface area contributed by atoms with Crippen molar-refractivity contribution in [2.75, 3.05) is 58.3 Å². The number of hydrogen-bond donors (Lipinski definition) is 1. The number of aromatic nitrogens is 2. The zero-order valence-corrected chi connectivity index (χ0v) is 30.5. The van der Waals surface area contributed by atoms with Crippen LogP contribution in [-0.2, 0) is 25.6 Å². The number of cyclic esters (lactones) is 1. The van der Waals surface area contributed by atoms with Crippen molar-refractivity contribution in [3.63, 3.8) is 0 Å². The van der Waals surface area contributed by atoms with Gasteiger partial charge in [-0.3, -0.25) is 14.3 Å². The average molecular weight is 709 g/mol. The fraction of sp³-hybridized carbons (Fsp3) is 0.579. The Balaban J connectivity index is 1.29. The van der Waals surface area contributed by atoms with Crippen LogP contribution in [0.1, 0.15) is 52.0 Å². The molecule has 5 rings (SSSR count). The number of aliphatic hydroxyl groups excluding tert-OH is 1. The first kappa shape index (κ1) is 38.0. The van der Waals surface area contributed by atoms with Crippen LogP contribution in [0.4, 0.5) is 14.9 Å². The minimum atomic E-state index is -0.897. The summed E-state index contributed by atoms with van der Waals surface area (Å²) in [6.45, 7) is 9.30. The largest absolute Gasteiger partial charge is 0.457 e. The van der Waals surface area contributed by atoms with Crippen LogP contribution in [0, 0.1) is 17.7 Å². The van der Waals surface area contributed by atoms with E-state index in [0.29, 0.717) is 68.9 Å². The molecule has 4 heterocycles. The zero-order chi connectivity index (χ0) is 36.7. The Labute approximate surface area is 300 Å². The average Bonchev–Trinajstić information content (AvgIpc) is 3.80. The van der Waals surface area contributed by atoms with Gasteiger partial charge in [-0.15, -0.1) is 0 Å². The number of ether oxygens (including phenoxy) is 2. The molecule has 0 spiro atoms. The highest BCUT2D eigenvalue weighted by molar-refractivity contribution is 5.76. The quantitative estimate of drug-likeness (QED) is 0.334. The summed E-state index contributed by atoms with van der Waals surface area (Å²) in [5.74, 6) is -1.33. The number of hydrogen-bond acceptors (Lipinski definition) is 9. The number of rotatable bonds is 7. The second-order valence-corrected chi connectivity index (χ2v) is 14.5. The Bertz CT molecular complexity index is 1560. The van der Waals surface area contributed by atoms with Gasteiger partial charge in [0.15, 0.2) is 0 Å². The van der Waals surface area contributed by atoms with E-state index >= 15 is 4.39 Å². The van der Waals surface area contributed by atoms with E-state index in [1.54, 1.807) is 32.9 Å². The Kier molecular flexibility index (Phi) is 12.9. The lowest BCUT2D eigenvalue weighted by Gasteiger charge is -2.36. The SMILES string of the molecule is C/C(=C\c1cc(F)cc(N2CCN(C(=O)Cn3cccn3)CC2)c1)[C@H]1OC(=O)C[C@H](O)CC[C@H](C)[C@@H](OC(=O)N2CC[C@H](N(C)C)C2)/C=C/[C@@H]1C. The van der Waals surface area contributed by atoms with Crippen LogP contribution < -0.4 is 4.90 Å². The Morgan fingerprint density at radius 1 is 1.06 bits per heavy atom. The van der Waals surface area contributed by atoms with Gasteiger partial charge in [0, 0.05) is 69.3 Å². The first-order valence-corrected chi connectivity index (χ1v) is 18.0. The molecule has 1 N–H and O–H groups in total. The molecule has 3 aliphatic rings. The molecule has 0 radical (unpaired) electrons. The van der Waals surface area contributed by atoms with Crippen molar-refractivity contribution >= 4 is 29.7 Å². The molecule has 0 bridgehead atoms. The number of likely N-dealkylation sites (N-methyl/N-ethyl adjacent to an activating group) is 1. The maximum absolute atomic E-state index is 15.0. The third-order valence-electron chi connectivity index (χ3n) is 10.2. The van der Waals surface area contributed by atoms with E-state index in [4.69, 9.17) is 9.47 Å². The summed E-state index contributed by atoms with van der Waals surface area (Å²) in [4.78, 5) is 46.7. The maximum Gasteiger partial charge on any atom is 0.410 e. The first-order valence-electron chi connectivity index (χ1n) is 18.0. The highest BCUT2D eigenvalue weighted by atomic mass is 19.1. The standard InChI is InChI=1S/C38H53FN6O6/c1-26-7-9-33(46)23-36(48)51-37(27(2)8-10-34(26)50-38(49)44-14-11-31(24-44)41(4)5)28(3)19-29-20-30(39)22-32(21-29)42-15-17-43(18-16-42)35(47)25-45-13-6-12-40-45/h6,8,10,12-13,19-22,26-27,31,33-34,37,46H,7,9,11,14-18,23-25H2,1-5H3/b10-8+,28-19+/t26-,27-,31-,33+,34-,37-/m0/s1. The van der Waals surface area contributed by atoms with Gasteiger partial charge in [-0.2, -0.15) is 5.10 Å². The fourth-order valence-corrected chi connectivity index (χ4v) is 7.02. The zero-order valence-electron chi connectivity index (χ0n) is 30.5. The maximum atomic E-state index is 15.0. The second-order valence-electron chi connectivity index (χ2n) is 14.5. The van der Waals surface area contributed by atoms with Crippen molar-refractivity contribution in [3.8, 4) is 0 Å². The molecule has 1 aromatic carbocycles. The van der Waals surface area contributed by atoms with Crippen molar-refractivity contribution in [1.29, 1.82) is 0 Å². The number of amides is 2. The topological polar surface area (TPSA) is 121 Å². The van der Waals surface area contributed by atoms with Gasteiger partial charge in [-0.25, -0.2) is 9.18 Å². The third-order valence-corrected chi connectivity index (χ3v) is 10.2. The van der Waals surface area contributed by atoms with E-state index in [0.717, 1.165) is 6.42 Å². The minimum Gasteiger partial charge on any atom is -0.457 e. The molecule has 2 fully saturated rings. The van der Waals surface area contributed by atoms with Crippen LogP contribution in [0.3, 0.4) is 0 Å². The Morgan fingerprint density at radius 3 is 2.51 bits per heavy atom. The van der Waals surface area contributed by atoms with Crippen LogP contribution in [0.15, 0.2) is 54.4 Å². The molecule has 2 saturated heterocycles. The Morgan fingerprint density at radius 2 is 1.82 bits per heavy atom. The van der Waals surface area contributed by atoms with E-state index in [9.17, 15) is 19.5 Å². The molecule has 51 heavy (non-hydrogen) atoms. The predicted octanol–water partition coefficient (Wildman–Crippen LogP) is 4.20. The van der Waals surface area contributed by atoms with Crippen molar-refractivity contribution in [1.82, 2.24) is 24.5 Å². The summed E-state index contributed by atoms with van der Waals surface area (Å²) in [6.07, 6.45) is 8.16. The van der Waals surface area contributed by atoms with Crippen LogP contribution >= 0.6 is 0 Å². The first-order chi connectivity index (χ1) is 24.4. The lowest BCUT2D eigenvalue weighted by molar-refractivity contribution is -0.151. The molecule has 2 aromatic rings. The lowest BCUT2D eigenvalue weighted by Crippen LogP contribution is -2.49. The highest BCUT2D eigenvalue weighted by Crippen LogP contribution is 2.28. The molecule has 0 aliphatic carbocycles. The van der Waals surface area contributed by atoms with Crippen LogP contribution in [-0.4, -0.2) is 125 Å². The van der Waals surface area contributed by atoms with E-state index in [1.165, 1.54) is 12.1 Å². The van der Waals surface area contributed by atoms with E-state index in [1.807, 2.05) is 59.2 Å². The number of benzene rings is 1. The van der Waals surface area contributed by atoms with Crippen molar-refractivity contribution in [3.05, 3.63) is 65.8 Å². The summed E-state index contributed by atoms with van der Waals surface area (Å²) in [6, 6.07) is 6.89. The number of carbonyl (C=O) groups excluding carboxylic acids is 3. The van der Waals surface area contributed by atoms with Crippen molar-refractivity contribution < 1.29 is 33.4 Å². The molecular formula is C38H53FN6O6. The highest BCUT2D eigenvalue weighted by Gasteiger charge is 2.32. The van der Waals surface area contributed by atoms with Gasteiger partial charge in [-0.05, 0) is 87.7 Å². The predicted molar refractivity (Wildman–Crippen MR) is 192 cm³/mol. The number of carbonyl (C=O) groups is 3. The molecule has 6 atom stereocenters.